The molecule has 0 aliphatic heterocycles. The first-order chi connectivity index (χ1) is 4.72. The number of rotatable bonds is 2. The number of aliphatic imine (C=N–C) groups is 1. The molecule has 0 aliphatic carbocycles. The highest BCUT2D eigenvalue weighted by atomic mass is 16.5. The van der Waals surface area contributed by atoms with Gasteiger partial charge in [0.25, 0.3) is 0 Å². The maximum absolute atomic E-state index is 8.19. The van der Waals surface area contributed by atoms with Gasteiger partial charge >= 0.3 is 0 Å². The minimum atomic E-state index is 0.194. The first-order valence-electron chi connectivity index (χ1n) is 3.31. The molecule has 0 aromatic carbocycles. The third-order valence-electron chi connectivity index (χ3n) is 0.946. The number of ether oxygens (including phenoxy) is 1. The molecule has 3 heteroatoms. The van der Waals surface area contributed by atoms with Crippen molar-refractivity contribution in [2.45, 2.75) is 20.8 Å². The van der Waals surface area contributed by atoms with E-state index in [0.717, 1.165) is 0 Å². The van der Waals surface area contributed by atoms with Gasteiger partial charge in [0.1, 0.15) is 0 Å². The summed E-state index contributed by atoms with van der Waals surface area (Å²) in [6.07, 6.45) is 1.70. The minimum Gasteiger partial charge on any atom is -0.480 e. The minimum absolute atomic E-state index is 0.194. The van der Waals surface area contributed by atoms with E-state index in [1.165, 1.54) is 0 Å². The molecular weight excluding hydrogens is 128 g/mol. The molecule has 0 heterocycles. The van der Waals surface area contributed by atoms with Crippen LogP contribution in [0.2, 0.25) is 0 Å². The molecule has 0 aromatic heterocycles. The molecule has 0 fully saturated rings. The van der Waals surface area contributed by atoms with Crippen molar-refractivity contribution >= 4 is 5.90 Å². The summed E-state index contributed by atoms with van der Waals surface area (Å²) < 4.78 is 5.07. The Labute approximate surface area is 61.3 Å². The Morgan fingerprint density at radius 3 is 2.60 bits per heavy atom. The topological polar surface area (TPSA) is 45.4 Å². The quantitative estimate of drug-likeness (QED) is 0.332. The molecule has 0 N–H and O–H groups in total. The Balaban J connectivity index is 4.01. The van der Waals surface area contributed by atoms with Crippen molar-refractivity contribution in [2.24, 2.45) is 10.9 Å². The van der Waals surface area contributed by atoms with Gasteiger partial charge in [0.2, 0.25) is 12.1 Å². The van der Waals surface area contributed by atoms with E-state index in [1.807, 2.05) is 20.8 Å². The molecule has 0 rings (SSSR count). The van der Waals surface area contributed by atoms with Crippen molar-refractivity contribution in [1.82, 2.24) is 0 Å². The van der Waals surface area contributed by atoms with E-state index in [2.05, 4.69) is 4.99 Å². The Bertz CT molecular complexity index is 155. The summed E-state index contributed by atoms with van der Waals surface area (Å²) in [4.78, 5) is 3.51. The van der Waals surface area contributed by atoms with E-state index >= 15 is 0 Å². The van der Waals surface area contributed by atoms with E-state index in [-0.39, 0.29) is 5.92 Å². The molecule has 0 unspecified atom stereocenters. The van der Waals surface area contributed by atoms with Crippen molar-refractivity contribution in [2.75, 3.05) is 6.61 Å². The smallest absolute Gasteiger partial charge is 0.208 e. The maximum atomic E-state index is 8.19. The summed E-state index contributed by atoms with van der Waals surface area (Å²) in [7, 11) is 0. The zero-order valence-electron chi connectivity index (χ0n) is 6.59. The lowest BCUT2D eigenvalue weighted by Crippen LogP contribution is -2.11. The van der Waals surface area contributed by atoms with Crippen LogP contribution >= 0.6 is 0 Å². The summed E-state index contributed by atoms with van der Waals surface area (Å²) in [5.74, 6) is 0.713. The van der Waals surface area contributed by atoms with Gasteiger partial charge in [0, 0.05) is 5.92 Å². The van der Waals surface area contributed by atoms with Crippen molar-refractivity contribution < 1.29 is 4.74 Å². The van der Waals surface area contributed by atoms with Crippen molar-refractivity contribution in [3.05, 3.63) is 0 Å². The molecule has 0 aromatic rings. The van der Waals surface area contributed by atoms with Gasteiger partial charge in [-0.1, -0.05) is 13.8 Å². The Morgan fingerprint density at radius 2 is 2.30 bits per heavy atom. The lowest BCUT2D eigenvalue weighted by molar-refractivity contribution is 0.306. The van der Waals surface area contributed by atoms with Gasteiger partial charge in [-0.3, -0.25) is 0 Å². The predicted molar refractivity (Wildman–Crippen MR) is 39.5 cm³/mol. The largest absolute Gasteiger partial charge is 0.480 e. The second-order valence-corrected chi connectivity index (χ2v) is 2.14. The molecule has 56 valence electrons. The molecular formula is C7H12N2O. The zero-order valence-corrected chi connectivity index (χ0v) is 6.59. The van der Waals surface area contributed by atoms with Gasteiger partial charge < -0.3 is 4.74 Å². The average Bonchev–Trinajstić information content (AvgIpc) is 1.87. The third kappa shape index (κ3) is 3.08. The molecule has 0 aliphatic rings. The van der Waals surface area contributed by atoms with Crippen LogP contribution in [0.25, 0.3) is 0 Å². The standard InChI is InChI=1S/C7H12N2O/c1-4-10-7(6(2)3)9-5-8/h6H,4H2,1-3H3/b9-7+. The van der Waals surface area contributed by atoms with Crippen molar-refractivity contribution in [1.29, 1.82) is 5.26 Å². The number of nitriles is 1. The van der Waals surface area contributed by atoms with Crippen LogP contribution in [0.1, 0.15) is 20.8 Å². The van der Waals surface area contributed by atoms with Crippen LogP contribution in [0.3, 0.4) is 0 Å². The van der Waals surface area contributed by atoms with E-state index in [1.54, 1.807) is 6.19 Å². The Hall–Kier alpha value is -1.04. The predicted octanol–water partition coefficient (Wildman–Crippen LogP) is 1.56. The second kappa shape index (κ2) is 4.80. The van der Waals surface area contributed by atoms with Crippen LogP contribution in [-0.4, -0.2) is 12.5 Å². The lowest BCUT2D eigenvalue weighted by atomic mass is 10.2. The summed E-state index contributed by atoms with van der Waals surface area (Å²) in [6.45, 7) is 6.31. The van der Waals surface area contributed by atoms with Crippen LogP contribution in [0.5, 0.6) is 0 Å². The normalized spacial score (nSPS) is 11.3. The Morgan fingerprint density at radius 1 is 1.70 bits per heavy atom. The highest BCUT2D eigenvalue weighted by Crippen LogP contribution is 1.98. The molecule has 3 nitrogen and oxygen atoms in total. The highest BCUT2D eigenvalue weighted by Gasteiger charge is 2.03. The second-order valence-electron chi connectivity index (χ2n) is 2.14. The van der Waals surface area contributed by atoms with E-state index in [0.29, 0.717) is 12.5 Å². The van der Waals surface area contributed by atoms with Gasteiger partial charge in [-0.05, 0) is 6.92 Å². The van der Waals surface area contributed by atoms with E-state index in [4.69, 9.17) is 10.00 Å². The summed E-state index contributed by atoms with van der Waals surface area (Å²) in [6, 6.07) is 0. The van der Waals surface area contributed by atoms with Gasteiger partial charge in [0.05, 0.1) is 6.61 Å². The average molecular weight is 140 g/mol. The van der Waals surface area contributed by atoms with Crippen LogP contribution < -0.4 is 0 Å². The molecule has 0 saturated heterocycles. The SMILES string of the molecule is CCO/C(=N/C#N)C(C)C. The first-order valence-corrected chi connectivity index (χ1v) is 3.31. The number of hydrogen-bond donors (Lipinski definition) is 0. The molecule has 0 atom stereocenters. The maximum Gasteiger partial charge on any atom is 0.208 e. The third-order valence-corrected chi connectivity index (χ3v) is 0.946. The lowest BCUT2D eigenvalue weighted by Gasteiger charge is -2.07. The fourth-order valence-corrected chi connectivity index (χ4v) is 0.525. The molecule has 0 radical (unpaired) electrons. The van der Waals surface area contributed by atoms with E-state index in [9.17, 15) is 0 Å². The number of hydrogen-bond acceptors (Lipinski definition) is 3. The molecule has 0 saturated carbocycles. The molecule has 0 spiro atoms. The molecule has 10 heavy (non-hydrogen) atoms. The number of nitrogens with zero attached hydrogens (tertiary/aromatic N) is 2. The Kier molecular flexibility index (Phi) is 4.30. The molecule has 0 amide bonds. The zero-order chi connectivity index (χ0) is 7.98. The van der Waals surface area contributed by atoms with Gasteiger partial charge in [-0.25, -0.2) is 0 Å². The van der Waals surface area contributed by atoms with Crippen LogP contribution in [0, 0.1) is 17.4 Å². The van der Waals surface area contributed by atoms with Crippen molar-refractivity contribution in [3.63, 3.8) is 0 Å². The van der Waals surface area contributed by atoms with Crippen LogP contribution in [0.15, 0.2) is 4.99 Å². The first kappa shape index (κ1) is 8.96. The van der Waals surface area contributed by atoms with E-state index < -0.39 is 0 Å². The highest BCUT2D eigenvalue weighted by molar-refractivity contribution is 5.78. The molecule has 0 bridgehead atoms. The summed E-state index contributed by atoms with van der Waals surface area (Å²) >= 11 is 0. The van der Waals surface area contributed by atoms with Gasteiger partial charge in [-0.15, -0.1) is 4.99 Å². The van der Waals surface area contributed by atoms with Crippen LogP contribution in [0.4, 0.5) is 0 Å². The van der Waals surface area contributed by atoms with Crippen molar-refractivity contribution in [3.8, 4) is 6.19 Å². The fourth-order valence-electron chi connectivity index (χ4n) is 0.525. The van der Waals surface area contributed by atoms with Gasteiger partial charge in [-0.2, -0.15) is 5.26 Å². The van der Waals surface area contributed by atoms with Crippen LogP contribution in [-0.2, 0) is 4.74 Å². The summed E-state index contributed by atoms with van der Waals surface area (Å²) in [5.41, 5.74) is 0. The van der Waals surface area contributed by atoms with Gasteiger partial charge in [0.15, 0.2) is 0 Å². The summed E-state index contributed by atoms with van der Waals surface area (Å²) in [5, 5.41) is 8.19. The monoisotopic (exact) mass is 140 g/mol. The fraction of sp³-hybridized carbons (Fsp3) is 0.714.